The van der Waals surface area contributed by atoms with Gasteiger partial charge in [0.2, 0.25) is 0 Å². The zero-order valence-corrected chi connectivity index (χ0v) is 13.3. The normalized spacial score (nSPS) is 26.4. The van der Waals surface area contributed by atoms with Gasteiger partial charge < -0.3 is 15.0 Å². The molecule has 1 fully saturated rings. The molecule has 2 heterocycles. The van der Waals surface area contributed by atoms with Crippen molar-refractivity contribution in [2.24, 2.45) is 13.0 Å². The van der Waals surface area contributed by atoms with E-state index in [1.807, 2.05) is 11.6 Å². The van der Waals surface area contributed by atoms with E-state index in [4.69, 9.17) is 0 Å². The van der Waals surface area contributed by atoms with Crippen molar-refractivity contribution in [1.82, 2.24) is 25.0 Å². The van der Waals surface area contributed by atoms with Gasteiger partial charge in [-0.25, -0.2) is 0 Å². The molecular weight excluding hydrogens is 292 g/mol. The second kappa shape index (κ2) is 5.88. The molecule has 2 aromatic heterocycles. The summed E-state index contributed by atoms with van der Waals surface area (Å²) >= 11 is 0. The van der Waals surface area contributed by atoms with Crippen molar-refractivity contribution >= 4 is 5.82 Å². The van der Waals surface area contributed by atoms with E-state index in [0.29, 0.717) is 6.54 Å². The molecule has 3 atom stereocenters. The van der Waals surface area contributed by atoms with Gasteiger partial charge in [0, 0.05) is 25.4 Å². The average molecular weight is 314 g/mol. The van der Waals surface area contributed by atoms with Gasteiger partial charge in [-0.2, -0.15) is 5.10 Å². The summed E-state index contributed by atoms with van der Waals surface area (Å²) in [4.78, 5) is 0. The van der Waals surface area contributed by atoms with Crippen LogP contribution in [0, 0.1) is 5.92 Å². The standard InChI is InChI=1S/C16H22N6O/c1-22-9-18-21-16(22)11-5-12(14(23)6-11)8-17-15-7-10-3-2-4-13(10)19-20-15/h7,9,11-12,14,23H,2-6,8H2,1H3,(H,17,20)/t11-,12+,14+/m0/s1. The van der Waals surface area contributed by atoms with Crippen molar-refractivity contribution in [3.8, 4) is 0 Å². The summed E-state index contributed by atoms with van der Waals surface area (Å²) < 4.78 is 1.94. The molecule has 1 saturated carbocycles. The van der Waals surface area contributed by atoms with Crippen LogP contribution >= 0.6 is 0 Å². The van der Waals surface area contributed by atoms with E-state index in [0.717, 1.165) is 43.0 Å². The molecule has 0 bridgehead atoms. The van der Waals surface area contributed by atoms with Crippen molar-refractivity contribution < 1.29 is 5.11 Å². The van der Waals surface area contributed by atoms with Crippen LogP contribution in [-0.4, -0.2) is 42.7 Å². The molecular formula is C16H22N6O. The number of aliphatic hydroxyl groups excluding tert-OH is 1. The van der Waals surface area contributed by atoms with Gasteiger partial charge in [-0.15, -0.1) is 15.3 Å². The van der Waals surface area contributed by atoms with Gasteiger partial charge in [0.1, 0.15) is 18.0 Å². The Labute approximate surface area is 135 Å². The molecule has 4 rings (SSSR count). The summed E-state index contributed by atoms with van der Waals surface area (Å²) in [6, 6.07) is 2.11. The van der Waals surface area contributed by atoms with Crippen molar-refractivity contribution in [3.63, 3.8) is 0 Å². The molecule has 0 unspecified atom stereocenters. The maximum Gasteiger partial charge on any atom is 0.148 e. The van der Waals surface area contributed by atoms with Gasteiger partial charge in [-0.1, -0.05) is 0 Å². The van der Waals surface area contributed by atoms with E-state index in [-0.39, 0.29) is 17.9 Å². The molecule has 23 heavy (non-hydrogen) atoms. The zero-order chi connectivity index (χ0) is 15.8. The van der Waals surface area contributed by atoms with Crippen LogP contribution in [0.5, 0.6) is 0 Å². The maximum atomic E-state index is 10.3. The summed E-state index contributed by atoms with van der Waals surface area (Å²) in [7, 11) is 1.95. The zero-order valence-electron chi connectivity index (χ0n) is 13.3. The quantitative estimate of drug-likeness (QED) is 0.877. The van der Waals surface area contributed by atoms with Crippen molar-refractivity contribution in [2.75, 3.05) is 11.9 Å². The molecule has 7 heteroatoms. The second-order valence-corrected chi connectivity index (χ2v) is 6.73. The van der Waals surface area contributed by atoms with Crippen molar-refractivity contribution in [3.05, 3.63) is 29.5 Å². The Morgan fingerprint density at radius 1 is 1.26 bits per heavy atom. The lowest BCUT2D eigenvalue weighted by molar-refractivity contribution is 0.137. The molecule has 2 aliphatic carbocycles. The van der Waals surface area contributed by atoms with Crippen LogP contribution in [0.2, 0.25) is 0 Å². The highest BCUT2D eigenvalue weighted by Crippen LogP contribution is 2.37. The smallest absolute Gasteiger partial charge is 0.148 e. The molecule has 2 aromatic rings. The highest BCUT2D eigenvalue weighted by atomic mass is 16.3. The van der Waals surface area contributed by atoms with Crippen LogP contribution in [-0.2, 0) is 19.9 Å². The van der Waals surface area contributed by atoms with Crippen LogP contribution < -0.4 is 5.32 Å². The fourth-order valence-corrected chi connectivity index (χ4v) is 3.85. The summed E-state index contributed by atoms with van der Waals surface area (Å²) in [6.45, 7) is 0.711. The largest absolute Gasteiger partial charge is 0.393 e. The van der Waals surface area contributed by atoms with Gasteiger partial charge in [-0.05, 0) is 43.7 Å². The lowest BCUT2D eigenvalue weighted by Gasteiger charge is -2.15. The number of rotatable bonds is 4. The van der Waals surface area contributed by atoms with E-state index < -0.39 is 0 Å². The predicted octanol–water partition coefficient (Wildman–Crippen LogP) is 1.06. The fraction of sp³-hybridized carbons (Fsp3) is 0.625. The number of fused-ring (bicyclic) bond motifs is 1. The Balaban J connectivity index is 1.39. The van der Waals surface area contributed by atoms with Crippen molar-refractivity contribution in [2.45, 2.75) is 44.1 Å². The Hall–Kier alpha value is -2.02. The van der Waals surface area contributed by atoms with E-state index in [9.17, 15) is 5.11 Å². The Bertz CT molecular complexity index is 700. The van der Waals surface area contributed by atoms with Gasteiger partial charge in [0.25, 0.3) is 0 Å². The summed E-state index contributed by atoms with van der Waals surface area (Å²) in [5.41, 5.74) is 2.45. The number of aryl methyl sites for hydroxylation is 3. The minimum atomic E-state index is -0.313. The maximum absolute atomic E-state index is 10.3. The van der Waals surface area contributed by atoms with Gasteiger partial charge in [0.05, 0.1) is 11.8 Å². The molecule has 0 radical (unpaired) electrons. The number of aromatic nitrogens is 5. The number of nitrogens with one attached hydrogen (secondary N) is 1. The van der Waals surface area contributed by atoms with E-state index in [1.54, 1.807) is 6.33 Å². The van der Waals surface area contributed by atoms with Crippen LogP contribution in [0.3, 0.4) is 0 Å². The predicted molar refractivity (Wildman–Crippen MR) is 85.0 cm³/mol. The molecule has 0 aliphatic heterocycles. The topological polar surface area (TPSA) is 88.8 Å². The average Bonchev–Trinajstić information content (AvgIpc) is 3.24. The van der Waals surface area contributed by atoms with E-state index >= 15 is 0 Å². The van der Waals surface area contributed by atoms with Crippen LogP contribution in [0.4, 0.5) is 5.82 Å². The third-order valence-electron chi connectivity index (χ3n) is 5.13. The van der Waals surface area contributed by atoms with E-state index in [2.05, 4.69) is 31.8 Å². The summed E-state index contributed by atoms with van der Waals surface area (Å²) in [6.07, 6.45) is 6.38. The fourth-order valence-electron chi connectivity index (χ4n) is 3.85. The number of hydrogen-bond acceptors (Lipinski definition) is 6. The number of anilines is 1. The minimum Gasteiger partial charge on any atom is -0.393 e. The molecule has 0 saturated heterocycles. The molecule has 2 aliphatic rings. The first kappa shape index (κ1) is 14.6. The summed E-state index contributed by atoms with van der Waals surface area (Å²) in [5, 5.41) is 30.4. The first-order valence-corrected chi connectivity index (χ1v) is 8.32. The highest BCUT2D eigenvalue weighted by Gasteiger charge is 2.35. The van der Waals surface area contributed by atoms with Gasteiger partial charge in [0.15, 0.2) is 0 Å². The lowest BCUT2D eigenvalue weighted by atomic mass is 10.0. The first-order valence-electron chi connectivity index (χ1n) is 8.32. The molecule has 122 valence electrons. The van der Waals surface area contributed by atoms with Gasteiger partial charge in [-0.3, -0.25) is 0 Å². The third kappa shape index (κ3) is 2.81. The van der Waals surface area contributed by atoms with Gasteiger partial charge >= 0.3 is 0 Å². The second-order valence-electron chi connectivity index (χ2n) is 6.73. The summed E-state index contributed by atoms with van der Waals surface area (Å²) in [5.74, 6) is 2.26. The van der Waals surface area contributed by atoms with Crippen molar-refractivity contribution in [1.29, 1.82) is 0 Å². The third-order valence-corrected chi connectivity index (χ3v) is 5.13. The lowest BCUT2D eigenvalue weighted by Crippen LogP contribution is -2.22. The molecule has 7 nitrogen and oxygen atoms in total. The molecule has 0 aromatic carbocycles. The number of aliphatic hydroxyl groups is 1. The highest BCUT2D eigenvalue weighted by molar-refractivity contribution is 5.39. The molecule has 0 amide bonds. The Morgan fingerprint density at radius 3 is 3.00 bits per heavy atom. The van der Waals surface area contributed by atoms with Crippen LogP contribution in [0.1, 0.15) is 42.3 Å². The van der Waals surface area contributed by atoms with Crippen LogP contribution in [0.15, 0.2) is 12.4 Å². The minimum absolute atomic E-state index is 0.201. The Kier molecular flexibility index (Phi) is 3.72. The Morgan fingerprint density at radius 2 is 2.17 bits per heavy atom. The number of hydrogen-bond donors (Lipinski definition) is 2. The van der Waals surface area contributed by atoms with E-state index in [1.165, 1.54) is 12.0 Å². The monoisotopic (exact) mass is 314 g/mol. The SMILES string of the molecule is Cn1cnnc1[C@H]1C[C@H](CNc2cc3c(nn2)CCC3)[C@H](O)C1. The van der Waals surface area contributed by atoms with Crippen LogP contribution in [0.25, 0.3) is 0 Å². The first-order chi connectivity index (χ1) is 11.2. The number of nitrogens with zero attached hydrogens (tertiary/aromatic N) is 5. The molecule has 0 spiro atoms. The molecule has 2 N–H and O–H groups in total.